The highest BCUT2D eigenvalue weighted by molar-refractivity contribution is 6.33. The van der Waals surface area contributed by atoms with Gasteiger partial charge in [0.2, 0.25) is 0 Å². The van der Waals surface area contributed by atoms with E-state index in [9.17, 15) is 9.18 Å². The first-order chi connectivity index (χ1) is 46.2. The molecule has 0 atom stereocenters. The second-order valence-electron chi connectivity index (χ2n) is 26.9. The molecule has 0 unspecified atom stereocenters. The van der Waals surface area contributed by atoms with Crippen molar-refractivity contribution in [3.8, 4) is 61.6 Å². The fourth-order valence-electron chi connectivity index (χ4n) is 10.5. The predicted molar refractivity (Wildman–Crippen MR) is 425 cm³/mol. The molecule has 0 fully saturated rings. The summed E-state index contributed by atoms with van der Waals surface area (Å²) in [5.74, 6) is 4.53. The lowest BCUT2D eigenvalue weighted by Gasteiger charge is -2.09. The molecule has 0 aliphatic rings. The number of hydrogen-bond donors (Lipinski definition) is 1. The topological polar surface area (TPSA) is 55.0 Å². The van der Waals surface area contributed by atoms with Gasteiger partial charge in [0.05, 0.1) is 12.3 Å². The molecule has 0 radical (unpaired) electrons. The van der Waals surface area contributed by atoms with E-state index in [1.54, 1.807) is 6.07 Å². The van der Waals surface area contributed by atoms with Crippen LogP contribution in [-0.2, 0) is 32.1 Å². The molecule has 1 N–H and O–H groups in total. The number of pyridine rings is 2. The van der Waals surface area contributed by atoms with E-state index < -0.39 is 0 Å². The maximum atomic E-state index is 13.9. The number of nitrogens with zero attached hydrogens (tertiary/aromatic N) is 1. The molecule has 0 aliphatic carbocycles. The Hall–Kier alpha value is -8.61. The molecule has 0 aliphatic heterocycles. The Morgan fingerprint density at radius 2 is 0.806 bits per heavy atom. The van der Waals surface area contributed by atoms with Gasteiger partial charge in [0.1, 0.15) is 11.6 Å². The zero-order chi connectivity index (χ0) is 69.2. The maximum Gasteiger partial charge on any atom is 0.251 e. The minimum absolute atomic E-state index is 0. The number of aromatic nitrogens is 2. The Morgan fingerprint density at radius 3 is 1.28 bits per heavy atom. The van der Waals surface area contributed by atoms with Crippen LogP contribution in [0.25, 0.3) is 55.9 Å². The van der Waals surface area contributed by atoms with Crippen LogP contribution >= 0.6 is 23.2 Å². The number of halogens is 3. The van der Waals surface area contributed by atoms with Crippen molar-refractivity contribution in [3.05, 3.63) is 321 Å². The van der Waals surface area contributed by atoms with Gasteiger partial charge in [0.25, 0.3) is 5.56 Å². The van der Waals surface area contributed by atoms with Gasteiger partial charge in [-0.1, -0.05) is 333 Å². The van der Waals surface area contributed by atoms with E-state index >= 15 is 0 Å². The first-order valence-corrected chi connectivity index (χ1v) is 34.9. The van der Waals surface area contributed by atoms with Crippen molar-refractivity contribution in [2.45, 2.75) is 136 Å². The molecule has 9 aromatic carbocycles. The average molecular weight is 1350 g/mol. The summed E-state index contributed by atoms with van der Waals surface area (Å²) < 4.78 is 19.4. The Labute approximate surface area is 599 Å². The molecule has 2 aromatic heterocycles. The summed E-state index contributed by atoms with van der Waals surface area (Å²) in [4.78, 5) is 19.3. The van der Waals surface area contributed by atoms with Crippen molar-refractivity contribution in [3.63, 3.8) is 0 Å². The third-order valence-corrected chi connectivity index (χ3v) is 15.8. The van der Waals surface area contributed by atoms with Crippen LogP contribution in [0.1, 0.15) is 132 Å². The maximum absolute atomic E-state index is 13.9. The van der Waals surface area contributed by atoms with Crippen LogP contribution in [0.4, 0.5) is 4.39 Å². The minimum Gasteiger partial charge on any atom is -0.494 e. The largest absolute Gasteiger partial charge is 0.494 e. The molecular formula is C91H109Cl2FN2O2. The van der Waals surface area contributed by atoms with Gasteiger partial charge in [-0.2, -0.15) is 0 Å². The molecular weight excluding hydrogens is 1240 g/mol. The molecule has 7 heteroatoms. The Morgan fingerprint density at radius 1 is 0.388 bits per heavy atom. The summed E-state index contributed by atoms with van der Waals surface area (Å²) in [6, 6.07) is 87.3. The van der Waals surface area contributed by atoms with Crippen LogP contribution in [0, 0.1) is 41.3 Å². The van der Waals surface area contributed by atoms with E-state index in [1.807, 2.05) is 152 Å². The molecule has 516 valence electrons. The van der Waals surface area contributed by atoms with Crippen LogP contribution in [0.2, 0.25) is 10.0 Å². The van der Waals surface area contributed by atoms with Gasteiger partial charge in [-0.15, -0.1) is 0 Å². The molecule has 0 spiro atoms. The van der Waals surface area contributed by atoms with E-state index in [0.29, 0.717) is 29.6 Å². The van der Waals surface area contributed by atoms with E-state index in [1.165, 1.54) is 38.9 Å². The first-order valence-electron chi connectivity index (χ1n) is 34.2. The SMILES string of the molecule is C.C.CC(C)CCOc1ccc(Cl)cc1.CC(C)Cc1ccc(-c2ccccc2)[nH]c1=O.CC(C)Cc1ccc(-c2ccccc2)c(Cl)c1.CC(C)Cc1ccc(-c2ccccc2)cc1.CC(C)Cc1ccc(-c2ccccc2)cc1F.CC(C)Cc1ccc(-c2ccccc2)nc1. The lowest BCUT2D eigenvalue weighted by Crippen LogP contribution is -2.14. The predicted octanol–water partition coefficient (Wildman–Crippen LogP) is 26.7. The Kier molecular flexibility index (Phi) is 37.0. The van der Waals surface area contributed by atoms with E-state index in [2.05, 4.69) is 202 Å². The highest BCUT2D eigenvalue weighted by Gasteiger charge is 2.10. The molecule has 0 bridgehead atoms. The highest BCUT2D eigenvalue weighted by Crippen LogP contribution is 2.30. The molecule has 0 saturated carbocycles. The second-order valence-corrected chi connectivity index (χ2v) is 27.7. The summed E-state index contributed by atoms with van der Waals surface area (Å²) in [7, 11) is 0. The first kappa shape index (κ1) is 81.8. The van der Waals surface area contributed by atoms with Crippen molar-refractivity contribution < 1.29 is 9.13 Å². The second kappa shape index (κ2) is 44.3. The Bertz CT molecular complexity index is 3880. The van der Waals surface area contributed by atoms with Crippen molar-refractivity contribution in [1.29, 1.82) is 0 Å². The summed E-state index contributed by atoms with van der Waals surface area (Å²) >= 11 is 12.1. The monoisotopic (exact) mass is 1350 g/mol. The van der Waals surface area contributed by atoms with Gasteiger partial charge < -0.3 is 9.72 Å². The van der Waals surface area contributed by atoms with Crippen LogP contribution in [0.5, 0.6) is 5.75 Å². The van der Waals surface area contributed by atoms with Crippen LogP contribution in [0.15, 0.2) is 272 Å². The van der Waals surface area contributed by atoms with Gasteiger partial charge in [-0.25, -0.2) is 4.39 Å². The van der Waals surface area contributed by atoms with Gasteiger partial charge in [0, 0.05) is 38.6 Å². The number of hydrogen-bond acceptors (Lipinski definition) is 3. The average Bonchev–Trinajstić information content (AvgIpc) is 0.880. The summed E-state index contributed by atoms with van der Waals surface area (Å²) in [5.41, 5.74) is 16.8. The summed E-state index contributed by atoms with van der Waals surface area (Å²) in [6.07, 6.45) is 8.03. The lowest BCUT2D eigenvalue weighted by molar-refractivity contribution is 0.289. The van der Waals surface area contributed by atoms with Crippen LogP contribution < -0.4 is 10.3 Å². The van der Waals surface area contributed by atoms with Crippen molar-refractivity contribution in [2.24, 2.45) is 35.5 Å². The molecule has 0 amide bonds. The standard InChI is InChI=1S/C16H17Cl.C16H17F.C16H18.C15H17NO.C15H17N.C11H15ClO.2CH4/c1-12(2)10-13-8-9-15(16(17)11-13)14-6-4-3-5-7-14;1-12(2)10-15-9-8-14(11-16(15)17)13-6-4-3-5-7-13;1-13(2)12-14-8-10-16(11-9-14)15-6-4-3-5-7-15;1-11(2)10-13-8-9-14(16-15(13)17)12-6-4-3-5-7-12;1-12(2)10-13-8-9-15(16-11-13)14-6-4-3-5-7-14;1-9(2)7-8-13-11-5-3-10(12)4-6-11;;/h2*3-9,11-12H,10H2,1-2H3;3-11,13H,12H2,1-2H3;3-9,11H,10H2,1-2H3,(H,16,17);3-9,11-12H,10H2,1-2H3;3-6,9H,7-8H2,1-2H3;2*1H4. The van der Waals surface area contributed by atoms with Gasteiger partial charge in [-0.05, 0) is 178 Å². The van der Waals surface area contributed by atoms with E-state index in [4.69, 9.17) is 27.9 Å². The molecule has 11 aromatic rings. The van der Waals surface area contributed by atoms with Crippen LogP contribution in [0.3, 0.4) is 0 Å². The molecule has 4 nitrogen and oxygen atoms in total. The number of H-pyrrole nitrogens is 1. The summed E-state index contributed by atoms with van der Waals surface area (Å²) in [6.45, 7) is 27.0. The smallest absolute Gasteiger partial charge is 0.251 e. The number of ether oxygens (including phenoxy) is 1. The fourth-order valence-corrected chi connectivity index (χ4v) is 11.0. The molecule has 11 rings (SSSR count). The highest BCUT2D eigenvalue weighted by atomic mass is 35.5. The third kappa shape index (κ3) is 30.4. The Balaban J connectivity index is 0.000000249. The van der Waals surface area contributed by atoms with E-state index in [0.717, 1.165) is 112 Å². The van der Waals surface area contributed by atoms with E-state index in [-0.39, 0.29) is 26.2 Å². The number of rotatable bonds is 19. The molecule has 98 heavy (non-hydrogen) atoms. The quantitative estimate of drug-likeness (QED) is 0.0878. The van der Waals surface area contributed by atoms with Crippen LogP contribution in [-0.4, -0.2) is 16.6 Å². The molecule has 0 saturated heterocycles. The third-order valence-electron chi connectivity index (χ3n) is 15.3. The molecule has 2 heterocycles. The van der Waals surface area contributed by atoms with Gasteiger partial charge in [0.15, 0.2) is 0 Å². The summed E-state index contributed by atoms with van der Waals surface area (Å²) in [5, 5.41) is 1.59. The van der Waals surface area contributed by atoms with Crippen molar-refractivity contribution >= 4 is 23.2 Å². The van der Waals surface area contributed by atoms with Gasteiger partial charge >= 0.3 is 0 Å². The zero-order valence-electron chi connectivity index (χ0n) is 58.7. The minimum atomic E-state index is -0.0972. The van der Waals surface area contributed by atoms with Gasteiger partial charge in [-0.3, -0.25) is 9.78 Å². The number of nitrogens with one attached hydrogen (secondary N) is 1. The van der Waals surface area contributed by atoms with Crippen molar-refractivity contribution in [1.82, 2.24) is 9.97 Å². The number of benzene rings is 9. The zero-order valence-corrected chi connectivity index (χ0v) is 60.2. The normalized spacial score (nSPS) is 10.5. The van der Waals surface area contributed by atoms with Crippen molar-refractivity contribution in [2.75, 3.05) is 6.61 Å². The lowest BCUT2D eigenvalue weighted by atomic mass is 9.98. The number of aromatic amines is 1. The fraction of sp³-hybridized carbons (Fsp3) is 0.297.